The number of nitrogens with one attached hydrogen (secondary N) is 1. The molecule has 0 saturated carbocycles. The highest BCUT2D eigenvalue weighted by atomic mass is 35.5. The van der Waals surface area contributed by atoms with Crippen molar-refractivity contribution in [3.63, 3.8) is 0 Å². The Labute approximate surface area is 143 Å². The number of carbonyl (C=O) groups excluding carboxylic acids is 1. The predicted octanol–water partition coefficient (Wildman–Crippen LogP) is 3.59. The molecule has 2 N–H and O–H groups in total. The zero-order valence-corrected chi connectivity index (χ0v) is 13.9. The van der Waals surface area contributed by atoms with E-state index in [1.807, 2.05) is 24.3 Å². The molecule has 23 heavy (non-hydrogen) atoms. The highest BCUT2D eigenvalue weighted by Gasteiger charge is 2.05. The van der Waals surface area contributed by atoms with Crippen molar-refractivity contribution < 1.29 is 14.7 Å². The average molecular weight is 350 g/mol. The molecule has 2 aromatic rings. The van der Waals surface area contributed by atoms with Gasteiger partial charge in [-0.2, -0.15) is 0 Å². The van der Waals surface area contributed by atoms with Crippen LogP contribution in [0.25, 0.3) is 0 Å². The fraction of sp³-hybridized carbons (Fsp3) is 0.176. The van der Waals surface area contributed by atoms with Gasteiger partial charge in [0.25, 0.3) is 0 Å². The van der Waals surface area contributed by atoms with Crippen LogP contribution in [0, 0.1) is 0 Å². The van der Waals surface area contributed by atoms with E-state index in [2.05, 4.69) is 5.32 Å². The van der Waals surface area contributed by atoms with Gasteiger partial charge < -0.3 is 10.4 Å². The summed E-state index contributed by atoms with van der Waals surface area (Å²) < 4.78 is 0. The van der Waals surface area contributed by atoms with Gasteiger partial charge in [-0.25, -0.2) is 4.79 Å². The fourth-order valence-corrected chi connectivity index (χ4v) is 3.03. The number of thioether (sulfide) groups is 1. The highest BCUT2D eigenvalue weighted by Crippen LogP contribution is 2.20. The lowest BCUT2D eigenvalue weighted by Gasteiger charge is -2.06. The number of amides is 1. The SMILES string of the molecule is O=C(CSCc1ccccc1Cl)NCc1ccc(C(=O)O)cc1. The van der Waals surface area contributed by atoms with Crippen molar-refractivity contribution >= 4 is 35.2 Å². The Morgan fingerprint density at radius 3 is 2.43 bits per heavy atom. The van der Waals surface area contributed by atoms with E-state index in [1.165, 1.54) is 23.9 Å². The molecule has 0 aromatic heterocycles. The third-order valence-corrected chi connectivity index (χ3v) is 4.49. The van der Waals surface area contributed by atoms with Gasteiger partial charge in [0.05, 0.1) is 11.3 Å². The molecule has 120 valence electrons. The largest absolute Gasteiger partial charge is 0.478 e. The Hall–Kier alpha value is -1.98. The van der Waals surface area contributed by atoms with Crippen LogP contribution < -0.4 is 5.32 Å². The molecule has 0 spiro atoms. The third kappa shape index (κ3) is 5.62. The first-order chi connectivity index (χ1) is 11.1. The molecule has 4 nitrogen and oxygen atoms in total. The van der Waals surface area contributed by atoms with E-state index in [1.54, 1.807) is 12.1 Å². The summed E-state index contributed by atoms with van der Waals surface area (Å²) in [5.41, 5.74) is 2.10. The normalized spacial score (nSPS) is 10.3. The maximum Gasteiger partial charge on any atom is 0.335 e. The second-order valence-electron chi connectivity index (χ2n) is 4.86. The molecular weight excluding hydrogens is 334 g/mol. The standard InChI is InChI=1S/C17H16ClNO3S/c18-15-4-2-1-3-14(15)10-23-11-16(20)19-9-12-5-7-13(8-6-12)17(21)22/h1-8H,9-11H2,(H,19,20)(H,21,22). The lowest BCUT2D eigenvalue weighted by atomic mass is 10.1. The van der Waals surface area contributed by atoms with Crippen LogP contribution in [0.2, 0.25) is 5.02 Å². The lowest BCUT2D eigenvalue weighted by Crippen LogP contribution is -2.24. The smallest absolute Gasteiger partial charge is 0.335 e. The van der Waals surface area contributed by atoms with E-state index in [-0.39, 0.29) is 11.5 Å². The molecule has 0 unspecified atom stereocenters. The first kappa shape index (κ1) is 17.4. The fourth-order valence-electron chi connectivity index (χ4n) is 1.89. The maximum absolute atomic E-state index is 11.8. The molecule has 0 aliphatic heterocycles. The number of rotatable bonds is 7. The topological polar surface area (TPSA) is 66.4 Å². The van der Waals surface area contributed by atoms with Gasteiger partial charge in [0, 0.05) is 17.3 Å². The summed E-state index contributed by atoms with van der Waals surface area (Å²) in [5, 5.41) is 12.3. The molecule has 2 aromatic carbocycles. The van der Waals surface area contributed by atoms with Crippen LogP contribution in [0.1, 0.15) is 21.5 Å². The Morgan fingerprint density at radius 2 is 1.78 bits per heavy atom. The monoisotopic (exact) mass is 349 g/mol. The van der Waals surface area contributed by atoms with E-state index in [0.29, 0.717) is 23.1 Å². The minimum absolute atomic E-state index is 0.0654. The molecule has 1 amide bonds. The van der Waals surface area contributed by atoms with Gasteiger partial charge in [-0.05, 0) is 29.3 Å². The number of carbonyl (C=O) groups is 2. The van der Waals surface area contributed by atoms with Crippen molar-refractivity contribution in [1.82, 2.24) is 5.32 Å². The average Bonchev–Trinajstić information content (AvgIpc) is 2.55. The van der Waals surface area contributed by atoms with Gasteiger partial charge in [0.2, 0.25) is 5.91 Å². The summed E-state index contributed by atoms with van der Waals surface area (Å²) in [6.45, 7) is 0.380. The first-order valence-electron chi connectivity index (χ1n) is 6.96. The minimum atomic E-state index is -0.962. The molecule has 0 saturated heterocycles. The number of hydrogen-bond acceptors (Lipinski definition) is 3. The third-order valence-electron chi connectivity index (χ3n) is 3.14. The second-order valence-corrected chi connectivity index (χ2v) is 6.26. The Balaban J connectivity index is 1.73. The maximum atomic E-state index is 11.8. The summed E-state index contributed by atoms with van der Waals surface area (Å²) in [6.07, 6.45) is 0. The first-order valence-corrected chi connectivity index (χ1v) is 8.49. The van der Waals surface area contributed by atoms with Crippen molar-refractivity contribution in [2.45, 2.75) is 12.3 Å². The second kappa shape index (κ2) is 8.60. The summed E-state index contributed by atoms with van der Waals surface area (Å²) in [6, 6.07) is 14.0. The molecule has 0 heterocycles. The van der Waals surface area contributed by atoms with Gasteiger partial charge in [-0.15, -0.1) is 11.8 Å². The summed E-state index contributed by atoms with van der Waals surface area (Å²) in [7, 11) is 0. The molecule has 2 rings (SSSR count). The summed E-state index contributed by atoms with van der Waals surface area (Å²) in [4.78, 5) is 22.6. The number of carboxylic acid groups (broad SMARTS) is 1. The number of carboxylic acids is 1. The summed E-state index contributed by atoms with van der Waals surface area (Å²) >= 11 is 7.56. The molecule has 0 aliphatic rings. The van der Waals surface area contributed by atoms with Gasteiger partial charge in [0.15, 0.2) is 0 Å². The lowest BCUT2D eigenvalue weighted by molar-refractivity contribution is -0.118. The molecule has 0 bridgehead atoms. The van der Waals surface area contributed by atoms with Gasteiger partial charge in [0.1, 0.15) is 0 Å². The molecule has 0 aliphatic carbocycles. The number of halogens is 1. The van der Waals surface area contributed by atoms with Crippen molar-refractivity contribution in [3.05, 3.63) is 70.2 Å². The van der Waals surface area contributed by atoms with Crippen LogP contribution in [0.5, 0.6) is 0 Å². The molecular formula is C17H16ClNO3S. The van der Waals surface area contributed by atoms with Crippen LogP contribution >= 0.6 is 23.4 Å². The predicted molar refractivity (Wildman–Crippen MR) is 92.9 cm³/mol. The van der Waals surface area contributed by atoms with Crippen molar-refractivity contribution in [3.8, 4) is 0 Å². The van der Waals surface area contributed by atoms with Gasteiger partial charge in [-0.1, -0.05) is 41.9 Å². The zero-order valence-electron chi connectivity index (χ0n) is 12.3. The minimum Gasteiger partial charge on any atom is -0.478 e. The van der Waals surface area contributed by atoms with E-state index in [9.17, 15) is 9.59 Å². The van der Waals surface area contributed by atoms with Crippen molar-refractivity contribution in [2.24, 2.45) is 0 Å². The van der Waals surface area contributed by atoms with Gasteiger partial charge >= 0.3 is 5.97 Å². The summed E-state index contributed by atoms with van der Waals surface area (Å²) in [5.74, 6) is -0.000302. The van der Waals surface area contributed by atoms with Crippen molar-refractivity contribution in [2.75, 3.05) is 5.75 Å². The Bertz CT molecular complexity index is 688. The molecule has 0 radical (unpaired) electrons. The van der Waals surface area contributed by atoms with Gasteiger partial charge in [-0.3, -0.25) is 4.79 Å². The number of benzene rings is 2. The zero-order chi connectivity index (χ0) is 16.7. The Kier molecular flexibility index (Phi) is 6.50. The Morgan fingerprint density at radius 1 is 1.09 bits per heavy atom. The molecule has 0 atom stereocenters. The number of aromatic carboxylic acids is 1. The molecule has 0 fully saturated rings. The van der Waals surface area contributed by atoms with E-state index in [4.69, 9.17) is 16.7 Å². The van der Waals surface area contributed by atoms with Crippen LogP contribution in [0.15, 0.2) is 48.5 Å². The van der Waals surface area contributed by atoms with Crippen LogP contribution in [-0.2, 0) is 17.1 Å². The van der Waals surface area contributed by atoms with Crippen LogP contribution in [0.4, 0.5) is 0 Å². The van der Waals surface area contributed by atoms with E-state index < -0.39 is 5.97 Å². The quantitative estimate of drug-likeness (QED) is 0.801. The molecule has 6 heteroatoms. The van der Waals surface area contributed by atoms with Crippen LogP contribution in [-0.4, -0.2) is 22.7 Å². The van der Waals surface area contributed by atoms with E-state index >= 15 is 0 Å². The highest BCUT2D eigenvalue weighted by molar-refractivity contribution is 7.99. The van der Waals surface area contributed by atoms with Crippen molar-refractivity contribution in [1.29, 1.82) is 0 Å². The van der Waals surface area contributed by atoms with Crippen LogP contribution in [0.3, 0.4) is 0 Å². The van der Waals surface area contributed by atoms with E-state index in [0.717, 1.165) is 11.1 Å². The number of hydrogen-bond donors (Lipinski definition) is 2.